The van der Waals surface area contributed by atoms with Crippen LogP contribution >= 0.6 is 0 Å². The van der Waals surface area contributed by atoms with Crippen LogP contribution in [0.1, 0.15) is 26.3 Å². The van der Waals surface area contributed by atoms with E-state index in [-0.39, 0.29) is 11.2 Å². The quantitative estimate of drug-likeness (QED) is 0.489. The highest BCUT2D eigenvalue weighted by Gasteiger charge is 2.16. The smallest absolute Gasteiger partial charge is 0.274 e. The van der Waals surface area contributed by atoms with Crippen molar-refractivity contribution in [3.05, 3.63) is 64.5 Å². The van der Waals surface area contributed by atoms with Gasteiger partial charge >= 0.3 is 0 Å². The third-order valence-corrected chi connectivity index (χ3v) is 3.95. The fraction of sp³-hybridized carbons (Fsp3) is 0.250. The van der Waals surface area contributed by atoms with E-state index >= 15 is 0 Å². The van der Waals surface area contributed by atoms with E-state index in [1.807, 2.05) is 32.9 Å². The fourth-order valence-electron chi connectivity index (χ4n) is 2.67. The van der Waals surface area contributed by atoms with E-state index in [0.29, 0.717) is 23.0 Å². The van der Waals surface area contributed by atoms with Crippen LogP contribution in [0, 0.1) is 17.0 Å². The molecular weight excluding hydrogens is 356 g/mol. The number of nitrogens with zero attached hydrogens (tertiary/aromatic N) is 4. The Kier molecular flexibility index (Phi) is 5.21. The Morgan fingerprint density at radius 3 is 2.43 bits per heavy atom. The van der Waals surface area contributed by atoms with E-state index in [0.717, 1.165) is 11.3 Å². The number of anilines is 3. The lowest BCUT2D eigenvalue weighted by molar-refractivity contribution is -0.385. The molecule has 8 heteroatoms. The third-order valence-electron chi connectivity index (χ3n) is 3.95. The molecule has 28 heavy (non-hydrogen) atoms. The van der Waals surface area contributed by atoms with Gasteiger partial charge < -0.3 is 10.6 Å². The second kappa shape index (κ2) is 7.59. The molecule has 144 valence electrons. The predicted molar refractivity (Wildman–Crippen MR) is 110 cm³/mol. The minimum atomic E-state index is -0.393. The van der Waals surface area contributed by atoms with Gasteiger partial charge in [-0.1, -0.05) is 6.07 Å². The molecule has 0 aliphatic rings. The average molecular weight is 378 g/mol. The number of aromatic nitrogens is 3. The number of hydrogen-bond donors (Lipinski definition) is 2. The predicted octanol–water partition coefficient (Wildman–Crippen LogP) is 4.71. The lowest BCUT2D eigenvalue weighted by atomic mass is 10.1. The summed E-state index contributed by atoms with van der Waals surface area (Å²) in [7, 11) is 0. The summed E-state index contributed by atoms with van der Waals surface area (Å²) in [4.78, 5) is 24.0. The summed E-state index contributed by atoms with van der Waals surface area (Å²) in [5, 5.41) is 17.7. The Hall–Kier alpha value is -3.55. The Labute approximate surface area is 163 Å². The number of nitro benzene ring substituents is 1. The molecule has 0 atom stereocenters. The van der Waals surface area contributed by atoms with Crippen molar-refractivity contribution in [1.29, 1.82) is 0 Å². The van der Waals surface area contributed by atoms with Crippen molar-refractivity contribution in [2.24, 2.45) is 0 Å². The van der Waals surface area contributed by atoms with E-state index in [1.54, 1.807) is 37.5 Å². The minimum absolute atomic E-state index is 0.0569. The number of nitrogens with one attached hydrogen (secondary N) is 2. The molecule has 0 saturated carbocycles. The summed E-state index contributed by atoms with van der Waals surface area (Å²) in [6.07, 6.45) is 3.40. The third kappa shape index (κ3) is 4.59. The van der Waals surface area contributed by atoms with Gasteiger partial charge in [-0.15, -0.1) is 0 Å². The van der Waals surface area contributed by atoms with Crippen LogP contribution in [0.15, 0.2) is 48.8 Å². The lowest BCUT2D eigenvalue weighted by Gasteiger charge is -2.21. The minimum Gasteiger partial charge on any atom is -0.350 e. The molecule has 8 nitrogen and oxygen atoms in total. The molecule has 0 saturated heterocycles. The normalized spacial score (nSPS) is 11.1. The number of rotatable bonds is 5. The molecular formula is C20H22N6O2. The summed E-state index contributed by atoms with van der Waals surface area (Å²) in [5.41, 5.74) is 2.61. The summed E-state index contributed by atoms with van der Waals surface area (Å²) >= 11 is 0. The van der Waals surface area contributed by atoms with E-state index < -0.39 is 4.92 Å². The zero-order valence-electron chi connectivity index (χ0n) is 16.2. The molecule has 0 aliphatic heterocycles. The molecule has 0 radical (unpaired) electrons. The number of pyridine rings is 1. The Morgan fingerprint density at radius 2 is 1.79 bits per heavy atom. The zero-order chi connectivity index (χ0) is 20.3. The molecule has 0 aliphatic carbocycles. The molecule has 3 aromatic rings. The summed E-state index contributed by atoms with van der Waals surface area (Å²) < 4.78 is 0. The van der Waals surface area contributed by atoms with Crippen molar-refractivity contribution in [2.45, 2.75) is 33.2 Å². The van der Waals surface area contributed by atoms with Crippen molar-refractivity contribution in [2.75, 3.05) is 10.6 Å². The van der Waals surface area contributed by atoms with Crippen LogP contribution in [0.3, 0.4) is 0 Å². The van der Waals surface area contributed by atoms with Gasteiger partial charge in [0.1, 0.15) is 5.82 Å². The lowest BCUT2D eigenvalue weighted by Crippen LogP contribution is -2.27. The van der Waals surface area contributed by atoms with Gasteiger partial charge in [0.05, 0.1) is 16.2 Å². The van der Waals surface area contributed by atoms with Crippen LogP contribution in [-0.2, 0) is 0 Å². The molecule has 2 aromatic heterocycles. The number of nitro groups is 1. The molecule has 0 fully saturated rings. The first-order valence-corrected chi connectivity index (χ1v) is 8.81. The van der Waals surface area contributed by atoms with Crippen LogP contribution < -0.4 is 10.6 Å². The highest BCUT2D eigenvalue weighted by atomic mass is 16.6. The molecule has 0 unspecified atom stereocenters. The first-order chi connectivity index (χ1) is 13.2. The number of benzene rings is 1. The SMILES string of the molecule is Cc1c(Nc2cc(-c3ccncc3)nc(NC(C)(C)C)n2)cccc1[N+](=O)[O-]. The first-order valence-electron chi connectivity index (χ1n) is 8.81. The van der Waals surface area contributed by atoms with Gasteiger partial charge in [0.15, 0.2) is 0 Å². The second-order valence-corrected chi connectivity index (χ2v) is 7.40. The fourth-order valence-corrected chi connectivity index (χ4v) is 2.67. The van der Waals surface area contributed by atoms with Crippen LogP contribution in [0.5, 0.6) is 0 Å². The Bertz CT molecular complexity index is 999. The van der Waals surface area contributed by atoms with Gasteiger partial charge in [-0.2, -0.15) is 4.98 Å². The second-order valence-electron chi connectivity index (χ2n) is 7.40. The monoisotopic (exact) mass is 378 g/mol. The van der Waals surface area contributed by atoms with Gasteiger partial charge in [-0.3, -0.25) is 15.1 Å². The van der Waals surface area contributed by atoms with E-state index in [4.69, 9.17) is 0 Å². The zero-order valence-corrected chi connectivity index (χ0v) is 16.2. The summed E-state index contributed by atoms with van der Waals surface area (Å²) in [6.45, 7) is 7.77. The van der Waals surface area contributed by atoms with Gasteiger partial charge in [0, 0.05) is 41.3 Å². The molecule has 3 rings (SSSR count). The largest absolute Gasteiger partial charge is 0.350 e. The molecule has 0 bridgehead atoms. The van der Waals surface area contributed by atoms with Crippen molar-refractivity contribution in [3.63, 3.8) is 0 Å². The molecule has 2 N–H and O–H groups in total. The molecule has 1 aromatic carbocycles. The highest BCUT2D eigenvalue weighted by molar-refractivity contribution is 5.70. The first kappa shape index (κ1) is 19.2. The highest BCUT2D eigenvalue weighted by Crippen LogP contribution is 2.29. The average Bonchev–Trinajstić information content (AvgIpc) is 2.62. The van der Waals surface area contributed by atoms with Crippen LogP contribution in [0.25, 0.3) is 11.3 Å². The maximum absolute atomic E-state index is 11.2. The molecule has 2 heterocycles. The van der Waals surface area contributed by atoms with Crippen molar-refractivity contribution >= 4 is 23.1 Å². The Balaban J connectivity index is 2.04. The maximum Gasteiger partial charge on any atom is 0.274 e. The van der Waals surface area contributed by atoms with E-state index in [1.165, 1.54) is 6.07 Å². The summed E-state index contributed by atoms with van der Waals surface area (Å²) in [6, 6.07) is 10.5. The van der Waals surface area contributed by atoms with Gasteiger partial charge in [-0.25, -0.2) is 4.98 Å². The maximum atomic E-state index is 11.2. The number of hydrogen-bond acceptors (Lipinski definition) is 7. The molecule has 0 spiro atoms. The van der Waals surface area contributed by atoms with Crippen molar-refractivity contribution < 1.29 is 4.92 Å². The van der Waals surface area contributed by atoms with Gasteiger partial charge in [0.25, 0.3) is 5.69 Å². The van der Waals surface area contributed by atoms with Gasteiger partial charge in [-0.05, 0) is 45.9 Å². The van der Waals surface area contributed by atoms with Crippen LogP contribution in [-0.4, -0.2) is 25.4 Å². The van der Waals surface area contributed by atoms with E-state index in [9.17, 15) is 10.1 Å². The molecule has 0 amide bonds. The van der Waals surface area contributed by atoms with Crippen molar-refractivity contribution in [1.82, 2.24) is 15.0 Å². The van der Waals surface area contributed by atoms with Crippen LogP contribution in [0.4, 0.5) is 23.1 Å². The van der Waals surface area contributed by atoms with Gasteiger partial charge in [0.2, 0.25) is 5.95 Å². The van der Waals surface area contributed by atoms with Crippen molar-refractivity contribution in [3.8, 4) is 11.3 Å². The topological polar surface area (TPSA) is 106 Å². The Morgan fingerprint density at radius 1 is 1.07 bits per heavy atom. The standard InChI is InChI=1S/C20H22N6O2/c1-13-15(6-5-7-17(13)26(27)28)22-18-12-16(14-8-10-21-11-9-14)23-19(24-18)25-20(2,3)4/h5-12H,1-4H3,(H2,22,23,24,25). The summed E-state index contributed by atoms with van der Waals surface area (Å²) in [5.74, 6) is 1.00. The van der Waals surface area contributed by atoms with E-state index in [2.05, 4.69) is 25.6 Å². The van der Waals surface area contributed by atoms with Crippen LogP contribution in [0.2, 0.25) is 0 Å².